The van der Waals surface area contributed by atoms with E-state index in [1.165, 1.54) is 17.2 Å². The van der Waals surface area contributed by atoms with Gasteiger partial charge in [0.1, 0.15) is 12.4 Å². The molecule has 0 amide bonds. The Morgan fingerprint density at radius 2 is 1.91 bits per heavy atom. The lowest BCUT2D eigenvalue weighted by Gasteiger charge is -2.35. The molecular formula is C26H24FN5O. The average Bonchev–Trinajstić information content (AvgIpc) is 2.80. The summed E-state index contributed by atoms with van der Waals surface area (Å²) in [5, 5.41) is 3.11. The van der Waals surface area contributed by atoms with Gasteiger partial charge in [0.15, 0.2) is 11.6 Å². The van der Waals surface area contributed by atoms with Gasteiger partial charge in [-0.1, -0.05) is 24.3 Å². The van der Waals surface area contributed by atoms with E-state index in [2.05, 4.69) is 44.2 Å². The average molecular weight is 442 g/mol. The first-order chi connectivity index (χ1) is 16.0. The number of nitrogens with zero attached hydrogens (tertiary/aromatic N) is 4. The van der Waals surface area contributed by atoms with Crippen LogP contribution in [-0.4, -0.2) is 28.6 Å². The first kappa shape index (κ1) is 20.9. The summed E-state index contributed by atoms with van der Waals surface area (Å²) >= 11 is 0. The fourth-order valence-electron chi connectivity index (χ4n) is 4.13. The zero-order valence-corrected chi connectivity index (χ0v) is 18.7. The number of hydrogen-bond acceptors (Lipinski definition) is 6. The van der Waals surface area contributed by atoms with Gasteiger partial charge in [0.05, 0.1) is 12.2 Å². The van der Waals surface area contributed by atoms with Gasteiger partial charge in [-0.15, -0.1) is 0 Å². The highest BCUT2D eigenvalue weighted by atomic mass is 19.1. The molecule has 4 aromatic rings. The van der Waals surface area contributed by atoms with E-state index < -0.39 is 0 Å². The Morgan fingerprint density at radius 3 is 2.70 bits per heavy atom. The summed E-state index contributed by atoms with van der Waals surface area (Å²) in [6.07, 6.45) is 3.33. The molecule has 0 radical (unpaired) electrons. The molecule has 5 rings (SSSR count). The van der Waals surface area contributed by atoms with Gasteiger partial charge in [-0.2, -0.15) is 4.98 Å². The molecular weight excluding hydrogens is 417 g/mol. The maximum atomic E-state index is 14.9. The van der Waals surface area contributed by atoms with Crippen LogP contribution in [0.25, 0.3) is 11.1 Å². The molecule has 166 valence electrons. The van der Waals surface area contributed by atoms with E-state index in [0.29, 0.717) is 35.4 Å². The van der Waals surface area contributed by atoms with Gasteiger partial charge < -0.3 is 15.0 Å². The number of aryl methyl sites for hydroxylation is 2. The minimum atomic E-state index is -0.330. The van der Waals surface area contributed by atoms with Gasteiger partial charge in [-0.25, -0.2) is 9.37 Å². The summed E-state index contributed by atoms with van der Waals surface area (Å²) in [5.41, 5.74) is 5.12. The van der Waals surface area contributed by atoms with Gasteiger partial charge in [-0.3, -0.25) is 4.98 Å². The highest BCUT2D eigenvalue weighted by molar-refractivity contribution is 5.68. The predicted octanol–water partition coefficient (Wildman–Crippen LogP) is 5.61. The van der Waals surface area contributed by atoms with Crippen LogP contribution in [0.4, 0.5) is 21.8 Å². The maximum Gasteiger partial charge on any atom is 0.229 e. The van der Waals surface area contributed by atoms with Gasteiger partial charge in [0, 0.05) is 30.2 Å². The number of nitrogens with one attached hydrogen (secondary N) is 1. The number of anilines is 3. The molecule has 1 N–H and O–H groups in total. The molecule has 7 heteroatoms. The molecule has 3 heterocycles. The van der Waals surface area contributed by atoms with Crippen LogP contribution in [0.15, 0.2) is 67.0 Å². The Balaban J connectivity index is 1.40. The van der Waals surface area contributed by atoms with Crippen LogP contribution in [0.1, 0.15) is 22.9 Å². The molecule has 2 aromatic heterocycles. The molecule has 1 atom stereocenters. The molecule has 33 heavy (non-hydrogen) atoms. The number of halogens is 1. The lowest BCUT2D eigenvalue weighted by atomic mass is 10.00. The number of rotatable bonds is 4. The molecule has 0 aliphatic carbocycles. The van der Waals surface area contributed by atoms with Crippen molar-refractivity contribution in [1.29, 1.82) is 0 Å². The van der Waals surface area contributed by atoms with Crippen molar-refractivity contribution in [3.63, 3.8) is 0 Å². The second kappa shape index (κ2) is 8.50. The van der Waals surface area contributed by atoms with Crippen molar-refractivity contribution in [1.82, 2.24) is 15.0 Å². The van der Waals surface area contributed by atoms with E-state index in [-0.39, 0.29) is 11.9 Å². The summed E-state index contributed by atoms with van der Waals surface area (Å²) in [4.78, 5) is 15.3. The number of aromatic nitrogens is 3. The topological polar surface area (TPSA) is 63.2 Å². The standard InChI is InChI=1S/C26H24FN5O/c1-16-6-4-5-7-20(16)23-15-33-24-14-29-26(31-25(24)32(23)3)30-19-8-9-21(22(27)13-19)18-10-11-28-17(2)12-18/h4-14,23H,15H2,1-3H3,(H,29,30,31). The quantitative estimate of drug-likeness (QED) is 0.444. The minimum absolute atomic E-state index is 0.0435. The van der Waals surface area contributed by atoms with Crippen LogP contribution in [0.3, 0.4) is 0 Å². The number of fused-ring (bicyclic) bond motifs is 1. The zero-order valence-electron chi connectivity index (χ0n) is 18.7. The Hall–Kier alpha value is -4.00. The van der Waals surface area contributed by atoms with Gasteiger partial charge in [0.2, 0.25) is 5.95 Å². The number of pyridine rings is 1. The lowest BCUT2D eigenvalue weighted by Crippen LogP contribution is -2.34. The molecule has 2 aromatic carbocycles. The molecule has 1 aliphatic heterocycles. The first-order valence-corrected chi connectivity index (χ1v) is 10.8. The molecule has 0 saturated heterocycles. The monoisotopic (exact) mass is 441 g/mol. The van der Waals surface area contributed by atoms with Gasteiger partial charge in [-0.05, 0) is 60.9 Å². The first-order valence-electron chi connectivity index (χ1n) is 10.8. The number of benzene rings is 2. The highest BCUT2D eigenvalue weighted by Crippen LogP contribution is 2.38. The number of ether oxygens (including phenoxy) is 1. The SMILES string of the molecule is Cc1cc(-c2ccc(Nc3ncc4c(n3)N(C)C(c3ccccc3C)CO4)cc2F)ccn1. The van der Waals surface area contributed by atoms with Crippen molar-refractivity contribution in [2.75, 3.05) is 23.9 Å². The largest absolute Gasteiger partial charge is 0.486 e. The normalized spacial score (nSPS) is 15.0. The second-order valence-corrected chi connectivity index (χ2v) is 8.18. The molecule has 0 spiro atoms. The van der Waals surface area contributed by atoms with Crippen molar-refractivity contribution in [2.45, 2.75) is 19.9 Å². The fourth-order valence-corrected chi connectivity index (χ4v) is 4.13. The van der Waals surface area contributed by atoms with Crippen LogP contribution in [-0.2, 0) is 0 Å². The maximum absolute atomic E-state index is 14.9. The van der Waals surface area contributed by atoms with Crippen LogP contribution in [0.5, 0.6) is 5.75 Å². The van der Waals surface area contributed by atoms with Crippen LogP contribution >= 0.6 is 0 Å². The fraction of sp³-hybridized carbons (Fsp3) is 0.192. The van der Waals surface area contributed by atoms with Gasteiger partial charge in [0.25, 0.3) is 0 Å². The third kappa shape index (κ3) is 4.09. The molecule has 1 aliphatic rings. The van der Waals surface area contributed by atoms with E-state index in [1.807, 2.05) is 38.2 Å². The van der Waals surface area contributed by atoms with Gasteiger partial charge >= 0.3 is 0 Å². The van der Waals surface area contributed by atoms with E-state index >= 15 is 0 Å². The summed E-state index contributed by atoms with van der Waals surface area (Å²) in [5.74, 6) is 1.36. The third-order valence-corrected chi connectivity index (χ3v) is 5.91. The molecule has 0 saturated carbocycles. The predicted molar refractivity (Wildman–Crippen MR) is 128 cm³/mol. The second-order valence-electron chi connectivity index (χ2n) is 8.18. The smallest absolute Gasteiger partial charge is 0.229 e. The highest BCUT2D eigenvalue weighted by Gasteiger charge is 2.29. The van der Waals surface area contributed by atoms with Crippen molar-refractivity contribution in [3.8, 4) is 16.9 Å². The summed E-state index contributed by atoms with van der Waals surface area (Å²) < 4.78 is 20.8. The third-order valence-electron chi connectivity index (χ3n) is 5.91. The Labute approximate surface area is 192 Å². The van der Waals surface area contributed by atoms with Crippen LogP contribution in [0, 0.1) is 19.7 Å². The number of likely N-dealkylation sites (N-methyl/N-ethyl adjacent to an activating group) is 1. The van der Waals surface area contributed by atoms with Crippen molar-refractivity contribution in [3.05, 3.63) is 89.6 Å². The van der Waals surface area contributed by atoms with Crippen molar-refractivity contribution >= 4 is 17.5 Å². The number of hydrogen-bond donors (Lipinski definition) is 1. The Morgan fingerprint density at radius 1 is 1.06 bits per heavy atom. The summed E-state index contributed by atoms with van der Waals surface area (Å²) in [7, 11) is 2.00. The minimum Gasteiger partial charge on any atom is -0.486 e. The van der Waals surface area contributed by atoms with E-state index in [4.69, 9.17) is 4.74 Å². The Bertz CT molecular complexity index is 1330. The van der Waals surface area contributed by atoms with Crippen molar-refractivity contribution < 1.29 is 9.13 Å². The lowest BCUT2D eigenvalue weighted by molar-refractivity contribution is 0.264. The zero-order chi connectivity index (χ0) is 22.9. The molecule has 6 nitrogen and oxygen atoms in total. The van der Waals surface area contributed by atoms with E-state index in [1.54, 1.807) is 24.5 Å². The molecule has 0 bridgehead atoms. The van der Waals surface area contributed by atoms with E-state index in [0.717, 1.165) is 11.3 Å². The van der Waals surface area contributed by atoms with E-state index in [9.17, 15) is 4.39 Å². The Kier molecular flexibility index (Phi) is 5.38. The van der Waals surface area contributed by atoms with Crippen molar-refractivity contribution in [2.24, 2.45) is 0 Å². The van der Waals surface area contributed by atoms with Crippen LogP contribution in [0.2, 0.25) is 0 Å². The molecule has 1 unspecified atom stereocenters. The van der Waals surface area contributed by atoms with Crippen LogP contribution < -0.4 is 15.0 Å². The summed E-state index contributed by atoms with van der Waals surface area (Å²) in [6, 6.07) is 17.0. The summed E-state index contributed by atoms with van der Waals surface area (Å²) in [6.45, 7) is 4.50. The molecule has 0 fully saturated rings.